The molecule has 0 spiro atoms. The van der Waals surface area contributed by atoms with Gasteiger partial charge < -0.3 is 15.0 Å². The number of hydrogen-bond donors (Lipinski definition) is 1. The molecule has 0 unspecified atom stereocenters. The second-order valence-corrected chi connectivity index (χ2v) is 10.7. The van der Waals surface area contributed by atoms with Gasteiger partial charge in [-0.05, 0) is 62.7 Å². The molecule has 0 aromatic heterocycles. The number of nitrogens with zero attached hydrogens (tertiary/aromatic N) is 2. The fourth-order valence-electron chi connectivity index (χ4n) is 3.80. The second kappa shape index (κ2) is 11.9. The summed E-state index contributed by atoms with van der Waals surface area (Å²) in [7, 11) is -1.12. The number of rotatable bonds is 10. The Balaban J connectivity index is 2.01. The number of amides is 2. The molecular weight excluding hydrogens is 490 g/mol. The third kappa shape index (κ3) is 6.68. The van der Waals surface area contributed by atoms with E-state index < -0.39 is 28.5 Å². The Hall–Kier alpha value is -3.85. The van der Waals surface area contributed by atoms with E-state index in [1.165, 1.54) is 31.2 Å². The van der Waals surface area contributed by atoms with Gasteiger partial charge in [0.2, 0.25) is 11.8 Å². The van der Waals surface area contributed by atoms with E-state index in [2.05, 4.69) is 5.32 Å². The number of likely N-dealkylation sites (N-methyl/N-ethyl adjacent to an activating group) is 1. The molecule has 37 heavy (non-hydrogen) atoms. The summed E-state index contributed by atoms with van der Waals surface area (Å²) in [5.74, 6) is -0.338. The monoisotopic (exact) mass is 523 g/mol. The smallest absolute Gasteiger partial charge is 0.264 e. The lowest BCUT2D eigenvalue weighted by Gasteiger charge is -2.31. The first-order chi connectivity index (χ1) is 17.6. The van der Waals surface area contributed by atoms with Gasteiger partial charge in [-0.25, -0.2) is 8.42 Å². The van der Waals surface area contributed by atoms with E-state index in [0.29, 0.717) is 11.4 Å². The van der Waals surface area contributed by atoms with Crippen molar-refractivity contribution in [1.29, 1.82) is 0 Å². The number of anilines is 1. The van der Waals surface area contributed by atoms with Crippen molar-refractivity contribution in [2.45, 2.75) is 38.3 Å². The highest BCUT2D eigenvalue weighted by molar-refractivity contribution is 7.92. The molecule has 1 atom stereocenters. The Bertz CT molecular complexity index is 1320. The molecular formula is C28H33N3O5S. The number of benzene rings is 3. The predicted molar refractivity (Wildman–Crippen MR) is 144 cm³/mol. The maximum atomic E-state index is 13.8. The van der Waals surface area contributed by atoms with E-state index >= 15 is 0 Å². The van der Waals surface area contributed by atoms with Crippen LogP contribution in [0.3, 0.4) is 0 Å². The van der Waals surface area contributed by atoms with Crippen LogP contribution in [0.4, 0.5) is 5.69 Å². The first-order valence-corrected chi connectivity index (χ1v) is 13.3. The van der Waals surface area contributed by atoms with E-state index in [1.54, 1.807) is 43.3 Å². The van der Waals surface area contributed by atoms with Gasteiger partial charge in [0.05, 0.1) is 17.7 Å². The maximum absolute atomic E-state index is 13.8. The second-order valence-electron chi connectivity index (χ2n) is 8.82. The number of carbonyl (C=O) groups is 2. The fraction of sp³-hybridized carbons (Fsp3) is 0.286. The van der Waals surface area contributed by atoms with Crippen molar-refractivity contribution >= 4 is 27.5 Å². The number of methoxy groups -OCH3 is 1. The number of carbonyl (C=O) groups excluding carboxylic acids is 2. The standard InChI is InChI=1S/C28H33N3O5S/c1-20-6-10-23(11-7-20)18-30(22(3)28(33)29-4)27(32)19-31(24-12-8-21(2)9-13-24)37(34,35)26-16-14-25(36-5)15-17-26/h6-17,22H,18-19H2,1-5H3,(H,29,33)/t22-/m1/s1. The Morgan fingerprint density at radius 3 is 1.95 bits per heavy atom. The summed E-state index contributed by atoms with van der Waals surface area (Å²) in [5, 5.41) is 2.58. The fourth-order valence-corrected chi connectivity index (χ4v) is 5.21. The highest BCUT2D eigenvalue weighted by Gasteiger charge is 2.32. The third-order valence-electron chi connectivity index (χ3n) is 6.14. The molecule has 196 valence electrons. The van der Waals surface area contributed by atoms with Crippen LogP contribution < -0.4 is 14.4 Å². The molecule has 0 saturated carbocycles. The van der Waals surface area contributed by atoms with Crippen LogP contribution in [0.15, 0.2) is 77.7 Å². The van der Waals surface area contributed by atoms with E-state index in [4.69, 9.17) is 4.74 Å². The van der Waals surface area contributed by atoms with E-state index in [0.717, 1.165) is 21.0 Å². The van der Waals surface area contributed by atoms with Gasteiger partial charge in [0.15, 0.2) is 0 Å². The molecule has 3 rings (SSSR count). The van der Waals surface area contributed by atoms with E-state index in [1.807, 2.05) is 38.1 Å². The molecule has 0 aliphatic heterocycles. The van der Waals surface area contributed by atoms with Gasteiger partial charge in [0.1, 0.15) is 18.3 Å². The van der Waals surface area contributed by atoms with Gasteiger partial charge in [0, 0.05) is 13.6 Å². The van der Waals surface area contributed by atoms with Crippen LogP contribution in [-0.2, 0) is 26.2 Å². The molecule has 1 N–H and O–H groups in total. The molecule has 0 aliphatic carbocycles. The molecule has 0 heterocycles. The van der Waals surface area contributed by atoms with Crippen LogP contribution in [-0.4, -0.2) is 51.9 Å². The Morgan fingerprint density at radius 2 is 1.43 bits per heavy atom. The first-order valence-electron chi connectivity index (χ1n) is 11.9. The lowest BCUT2D eigenvalue weighted by atomic mass is 10.1. The third-order valence-corrected chi connectivity index (χ3v) is 7.92. The number of sulfonamides is 1. The van der Waals surface area contributed by atoms with Gasteiger partial charge in [-0.1, -0.05) is 47.5 Å². The molecule has 0 fully saturated rings. The molecule has 9 heteroatoms. The van der Waals surface area contributed by atoms with Gasteiger partial charge >= 0.3 is 0 Å². The lowest BCUT2D eigenvalue weighted by Crippen LogP contribution is -2.50. The zero-order valence-corrected chi connectivity index (χ0v) is 22.6. The van der Waals surface area contributed by atoms with Gasteiger partial charge in [-0.2, -0.15) is 0 Å². The van der Waals surface area contributed by atoms with Crippen molar-refractivity contribution in [2.75, 3.05) is 25.0 Å². The minimum atomic E-state index is -4.12. The normalized spacial score (nSPS) is 11.9. The van der Waals surface area contributed by atoms with Crippen molar-refractivity contribution in [3.05, 3.63) is 89.5 Å². The minimum Gasteiger partial charge on any atom is -0.497 e. The van der Waals surface area contributed by atoms with Crippen molar-refractivity contribution in [3.63, 3.8) is 0 Å². The van der Waals surface area contributed by atoms with Crippen molar-refractivity contribution in [3.8, 4) is 5.75 Å². The average molecular weight is 524 g/mol. The average Bonchev–Trinajstić information content (AvgIpc) is 2.91. The summed E-state index contributed by atoms with van der Waals surface area (Å²) in [4.78, 5) is 27.7. The zero-order valence-electron chi connectivity index (χ0n) is 21.8. The summed E-state index contributed by atoms with van der Waals surface area (Å²) in [6.07, 6.45) is 0. The molecule has 0 saturated heterocycles. The predicted octanol–water partition coefficient (Wildman–Crippen LogP) is 3.67. The molecule has 8 nitrogen and oxygen atoms in total. The SMILES string of the molecule is CNC(=O)[C@@H](C)N(Cc1ccc(C)cc1)C(=O)CN(c1ccc(C)cc1)S(=O)(=O)c1ccc(OC)cc1. The highest BCUT2D eigenvalue weighted by Crippen LogP contribution is 2.26. The van der Waals surface area contributed by atoms with Crippen molar-refractivity contribution < 1.29 is 22.7 Å². The summed E-state index contributed by atoms with van der Waals surface area (Å²) < 4.78 is 33.8. The Kier molecular flexibility index (Phi) is 8.94. The molecule has 3 aromatic rings. The van der Waals surface area contributed by atoms with Crippen LogP contribution in [0, 0.1) is 13.8 Å². The van der Waals surface area contributed by atoms with Crippen LogP contribution in [0.5, 0.6) is 5.75 Å². The first kappa shape index (κ1) is 27.7. The van der Waals surface area contributed by atoms with Crippen LogP contribution >= 0.6 is 0 Å². The number of hydrogen-bond acceptors (Lipinski definition) is 5. The number of nitrogens with one attached hydrogen (secondary N) is 1. The molecule has 0 radical (unpaired) electrons. The lowest BCUT2D eigenvalue weighted by molar-refractivity contribution is -0.139. The van der Waals surface area contributed by atoms with Gasteiger partial charge in [-0.3, -0.25) is 13.9 Å². The highest BCUT2D eigenvalue weighted by atomic mass is 32.2. The molecule has 3 aromatic carbocycles. The largest absolute Gasteiger partial charge is 0.497 e. The molecule has 0 bridgehead atoms. The number of aryl methyl sites for hydroxylation is 2. The van der Waals surface area contributed by atoms with Gasteiger partial charge in [0.25, 0.3) is 10.0 Å². The quantitative estimate of drug-likeness (QED) is 0.438. The van der Waals surface area contributed by atoms with E-state index in [-0.39, 0.29) is 17.3 Å². The Morgan fingerprint density at radius 1 is 0.892 bits per heavy atom. The summed E-state index contributed by atoms with van der Waals surface area (Å²) in [6, 6.07) is 19.7. The molecule has 0 aliphatic rings. The Labute approximate surface area is 218 Å². The summed E-state index contributed by atoms with van der Waals surface area (Å²) in [6.45, 7) is 5.15. The number of ether oxygens (including phenoxy) is 1. The van der Waals surface area contributed by atoms with Gasteiger partial charge in [-0.15, -0.1) is 0 Å². The van der Waals surface area contributed by atoms with Crippen LogP contribution in [0.25, 0.3) is 0 Å². The van der Waals surface area contributed by atoms with Crippen LogP contribution in [0.2, 0.25) is 0 Å². The van der Waals surface area contributed by atoms with Crippen molar-refractivity contribution in [2.24, 2.45) is 0 Å². The minimum absolute atomic E-state index is 0.0195. The summed E-state index contributed by atoms with van der Waals surface area (Å²) >= 11 is 0. The maximum Gasteiger partial charge on any atom is 0.264 e. The van der Waals surface area contributed by atoms with E-state index in [9.17, 15) is 18.0 Å². The topological polar surface area (TPSA) is 96.0 Å². The summed E-state index contributed by atoms with van der Waals surface area (Å²) in [5.41, 5.74) is 3.19. The van der Waals surface area contributed by atoms with Crippen molar-refractivity contribution in [1.82, 2.24) is 10.2 Å². The zero-order chi connectivity index (χ0) is 27.2. The van der Waals surface area contributed by atoms with Crippen LogP contribution in [0.1, 0.15) is 23.6 Å². The molecule has 2 amide bonds.